The molecule has 0 aliphatic rings. The summed E-state index contributed by atoms with van der Waals surface area (Å²) in [7, 11) is -3.79. The van der Waals surface area contributed by atoms with Crippen LogP contribution in [0.5, 0.6) is 0 Å². The fourth-order valence-corrected chi connectivity index (χ4v) is 2.11. The molecule has 0 aliphatic carbocycles. The Balaban J connectivity index is 2.78. The number of hydrogen-bond donors (Lipinski definition) is 1. The van der Waals surface area contributed by atoms with Gasteiger partial charge >= 0.3 is 11.2 Å². The van der Waals surface area contributed by atoms with Crippen LogP contribution >= 0.6 is 0 Å². The molecule has 96 valence electrons. The molecule has 1 heterocycles. The summed E-state index contributed by atoms with van der Waals surface area (Å²) in [4.78, 5) is 10.3. The molecule has 0 saturated carbocycles. The average Bonchev–Trinajstić information content (AvgIpc) is 2.63. The molecule has 0 bridgehead atoms. The Kier molecular flexibility index (Phi) is 4.22. The number of nitrogens with zero attached hydrogens (tertiary/aromatic N) is 2. The molecular formula is C9H14N2O5S. The van der Waals surface area contributed by atoms with E-state index in [2.05, 4.69) is 10.2 Å². The first-order valence-corrected chi connectivity index (χ1v) is 6.73. The lowest BCUT2D eigenvalue weighted by Gasteiger charge is -1.98. The summed E-state index contributed by atoms with van der Waals surface area (Å²) < 4.78 is 28.1. The molecule has 1 N–H and O–H groups in total. The molecule has 8 heteroatoms. The maximum Gasteiger partial charge on any atom is 0.335 e. The highest BCUT2D eigenvalue weighted by Crippen LogP contribution is 2.13. The van der Waals surface area contributed by atoms with E-state index in [1.54, 1.807) is 0 Å². The smallest absolute Gasteiger partial charge is 0.335 e. The fraction of sp³-hybridized carbons (Fsp3) is 0.667. The number of rotatable bonds is 6. The number of aromatic nitrogens is 2. The molecule has 1 aromatic rings. The molecular weight excluding hydrogens is 248 g/mol. The van der Waals surface area contributed by atoms with Crippen molar-refractivity contribution in [3.63, 3.8) is 0 Å². The summed E-state index contributed by atoms with van der Waals surface area (Å²) >= 11 is 0. The Hall–Kier alpha value is -1.44. The quantitative estimate of drug-likeness (QED) is 0.795. The van der Waals surface area contributed by atoms with Gasteiger partial charge in [-0.1, -0.05) is 18.9 Å². The predicted octanol–water partition coefficient (Wildman–Crippen LogP) is 0.517. The zero-order valence-corrected chi connectivity index (χ0v) is 10.4. The lowest BCUT2D eigenvalue weighted by Crippen LogP contribution is -2.11. The van der Waals surface area contributed by atoms with Crippen LogP contribution in [0.25, 0.3) is 0 Å². The first-order valence-electron chi connectivity index (χ1n) is 5.08. The lowest BCUT2D eigenvalue weighted by molar-refractivity contribution is -0.136. The van der Waals surface area contributed by atoms with Crippen LogP contribution in [-0.2, 0) is 21.1 Å². The maximum absolute atomic E-state index is 11.6. The summed E-state index contributed by atoms with van der Waals surface area (Å²) in [6.45, 7) is 3.87. The number of aliphatic carboxylic acids is 1. The maximum atomic E-state index is 11.6. The summed E-state index contributed by atoms with van der Waals surface area (Å²) in [5, 5.41) is 14.9. The van der Waals surface area contributed by atoms with E-state index in [0.717, 1.165) is 0 Å². The normalized spacial score (nSPS) is 11.9. The minimum absolute atomic E-state index is 0.244. The fourth-order valence-electron chi connectivity index (χ4n) is 1.10. The van der Waals surface area contributed by atoms with Gasteiger partial charge in [0.2, 0.25) is 15.7 Å². The Bertz CT molecular complexity index is 491. The van der Waals surface area contributed by atoms with Crippen LogP contribution in [0.4, 0.5) is 0 Å². The molecule has 0 amide bonds. The van der Waals surface area contributed by atoms with E-state index in [-0.39, 0.29) is 11.8 Å². The highest BCUT2D eigenvalue weighted by molar-refractivity contribution is 7.91. The molecule has 0 atom stereocenters. The van der Waals surface area contributed by atoms with Crippen LogP contribution in [0.1, 0.15) is 26.2 Å². The van der Waals surface area contributed by atoms with Gasteiger partial charge in [-0.25, -0.2) is 8.42 Å². The van der Waals surface area contributed by atoms with Gasteiger partial charge in [-0.2, -0.15) is 0 Å². The Morgan fingerprint density at radius 3 is 2.59 bits per heavy atom. The van der Waals surface area contributed by atoms with E-state index in [9.17, 15) is 13.2 Å². The number of carbonyl (C=O) groups is 1. The summed E-state index contributed by atoms with van der Waals surface area (Å²) in [6.07, 6.45) is 0.00563. The van der Waals surface area contributed by atoms with E-state index in [4.69, 9.17) is 9.52 Å². The van der Waals surface area contributed by atoms with Crippen molar-refractivity contribution in [2.45, 2.75) is 31.9 Å². The molecule has 0 unspecified atom stereocenters. The molecule has 0 radical (unpaired) electrons. The van der Waals surface area contributed by atoms with Gasteiger partial charge in [0.1, 0.15) is 0 Å². The third-order valence-electron chi connectivity index (χ3n) is 1.88. The molecule has 0 aliphatic heterocycles. The molecule has 7 nitrogen and oxygen atoms in total. The second-order valence-electron chi connectivity index (χ2n) is 4.02. The standard InChI is InChI=1S/C9H14N2O5S/c1-6(2)5-7-10-11-9(16-7)17(14,15)4-3-8(12)13/h6H,3-5H2,1-2H3,(H,12,13). The number of sulfone groups is 1. The second kappa shape index (κ2) is 5.26. The van der Waals surface area contributed by atoms with Crippen molar-refractivity contribution in [3.8, 4) is 0 Å². The average molecular weight is 262 g/mol. The van der Waals surface area contributed by atoms with Crippen molar-refractivity contribution in [1.29, 1.82) is 0 Å². The van der Waals surface area contributed by atoms with Crippen molar-refractivity contribution < 1.29 is 22.7 Å². The molecule has 1 aromatic heterocycles. The number of carboxylic acid groups (broad SMARTS) is 1. The van der Waals surface area contributed by atoms with Crippen LogP contribution in [0.2, 0.25) is 0 Å². The van der Waals surface area contributed by atoms with Gasteiger partial charge in [-0.15, -0.1) is 5.10 Å². The third kappa shape index (κ3) is 4.14. The molecule has 0 saturated heterocycles. The van der Waals surface area contributed by atoms with Crippen molar-refractivity contribution >= 4 is 15.8 Å². The first-order chi connectivity index (χ1) is 7.81. The zero-order valence-electron chi connectivity index (χ0n) is 9.58. The van der Waals surface area contributed by atoms with Crippen molar-refractivity contribution in [2.24, 2.45) is 5.92 Å². The Morgan fingerprint density at radius 2 is 2.06 bits per heavy atom. The molecule has 0 fully saturated rings. The van der Waals surface area contributed by atoms with E-state index in [1.807, 2.05) is 13.8 Å². The third-order valence-corrected chi connectivity index (χ3v) is 3.32. The first kappa shape index (κ1) is 13.6. The van der Waals surface area contributed by atoms with Gasteiger partial charge in [0.25, 0.3) is 0 Å². The lowest BCUT2D eigenvalue weighted by atomic mass is 10.1. The van der Waals surface area contributed by atoms with Gasteiger partial charge in [-0.05, 0) is 5.92 Å². The molecule has 0 aromatic carbocycles. The molecule has 17 heavy (non-hydrogen) atoms. The minimum atomic E-state index is -3.79. The van der Waals surface area contributed by atoms with Crippen molar-refractivity contribution in [3.05, 3.63) is 5.89 Å². The SMILES string of the molecule is CC(C)Cc1nnc(S(=O)(=O)CCC(=O)O)o1. The van der Waals surface area contributed by atoms with Gasteiger partial charge in [0, 0.05) is 6.42 Å². The number of hydrogen-bond acceptors (Lipinski definition) is 6. The summed E-state index contributed by atoms with van der Waals surface area (Å²) in [6, 6.07) is 0. The zero-order chi connectivity index (χ0) is 13.1. The van der Waals surface area contributed by atoms with Gasteiger partial charge < -0.3 is 9.52 Å². The van der Waals surface area contributed by atoms with E-state index < -0.39 is 33.2 Å². The minimum Gasteiger partial charge on any atom is -0.481 e. The topological polar surface area (TPSA) is 110 Å². The second-order valence-corrected chi connectivity index (χ2v) is 6.01. The highest BCUT2D eigenvalue weighted by atomic mass is 32.2. The molecule has 1 rings (SSSR count). The summed E-state index contributed by atoms with van der Waals surface area (Å²) in [5.74, 6) is -1.21. The van der Waals surface area contributed by atoms with Crippen LogP contribution in [-0.4, -0.2) is 35.4 Å². The van der Waals surface area contributed by atoms with Gasteiger partial charge in [0.05, 0.1) is 12.2 Å². The van der Waals surface area contributed by atoms with Crippen molar-refractivity contribution in [2.75, 3.05) is 5.75 Å². The molecule has 0 spiro atoms. The van der Waals surface area contributed by atoms with Crippen LogP contribution in [0, 0.1) is 5.92 Å². The van der Waals surface area contributed by atoms with Crippen LogP contribution < -0.4 is 0 Å². The van der Waals surface area contributed by atoms with E-state index in [1.165, 1.54) is 0 Å². The van der Waals surface area contributed by atoms with E-state index >= 15 is 0 Å². The Morgan fingerprint density at radius 1 is 1.41 bits per heavy atom. The predicted molar refractivity (Wildman–Crippen MR) is 57.1 cm³/mol. The van der Waals surface area contributed by atoms with Crippen molar-refractivity contribution in [1.82, 2.24) is 10.2 Å². The highest BCUT2D eigenvalue weighted by Gasteiger charge is 2.23. The summed E-state index contributed by atoms with van der Waals surface area (Å²) in [5.41, 5.74) is 0. The van der Waals surface area contributed by atoms with Crippen LogP contribution in [0.15, 0.2) is 9.64 Å². The van der Waals surface area contributed by atoms with Crippen LogP contribution in [0.3, 0.4) is 0 Å². The Labute approximate surface area is 98.8 Å². The largest absolute Gasteiger partial charge is 0.481 e. The van der Waals surface area contributed by atoms with Gasteiger partial charge in [0.15, 0.2) is 0 Å². The number of carboxylic acids is 1. The monoisotopic (exact) mass is 262 g/mol. The van der Waals surface area contributed by atoms with Gasteiger partial charge in [-0.3, -0.25) is 4.79 Å². The van der Waals surface area contributed by atoms with E-state index in [0.29, 0.717) is 6.42 Å².